The molecular formula is C19H16F4O2. The predicted molar refractivity (Wildman–Crippen MR) is 83.6 cm³/mol. The number of hydrogen-bond donors (Lipinski definition) is 0. The molecule has 1 aliphatic rings. The molecule has 0 aromatic heterocycles. The van der Waals surface area contributed by atoms with Crippen molar-refractivity contribution in [3.8, 4) is 0 Å². The average molecular weight is 352 g/mol. The molecule has 0 unspecified atom stereocenters. The van der Waals surface area contributed by atoms with Crippen LogP contribution in [-0.2, 0) is 10.3 Å². The molecule has 2 aromatic rings. The second-order valence-electron chi connectivity index (χ2n) is 6.02. The Balaban J connectivity index is 2.20. The third-order valence-corrected chi connectivity index (χ3v) is 4.50. The van der Waals surface area contributed by atoms with E-state index in [0.717, 1.165) is 12.1 Å². The lowest BCUT2D eigenvalue weighted by Gasteiger charge is -2.43. The highest BCUT2D eigenvalue weighted by molar-refractivity contribution is 6.03. The minimum atomic E-state index is -4.63. The van der Waals surface area contributed by atoms with Crippen molar-refractivity contribution in [2.45, 2.75) is 24.6 Å². The van der Waals surface area contributed by atoms with Gasteiger partial charge in [0.2, 0.25) is 0 Å². The van der Waals surface area contributed by atoms with E-state index < -0.39 is 29.3 Å². The third-order valence-electron chi connectivity index (χ3n) is 4.50. The van der Waals surface area contributed by atoms with Crippen LogP contribution in [0.25, 0.3) is 0 Å². The van der Waals surface area contributed by atoms with Crippen molar-refractivity contribution in [1.82, 2.24) is 0 Å². The van der Waals surface area contributed by atoms with E-state index in [1.807, 2.05) is 0 Å². The number of carbonyl (C=O) groups excluding carboxylic acids is 1. The minimum absolute atomic E-state index is 0.0183. The molecule has 1 aliphatic heterocycles. The van der Waals surface area contributed by atoms with Gasteiger partial charge in [-0.15, -0.1) is 0 Å². The highest BCUT2D eigenvalue weighted by Crippen LogP contribution is 2.50. The molecule has 0 aliphatic carbocycles. The van der Waals surface area contributed by atoms with Crippen LogP contribution in [0.3, 0.4) is 0 Å². The Kier molecular flexibility index (Phi) is 4.64. The molecule has 2 atom stereocenters. The standard InChI is InChI=1S/C19H16F4O2/c20-15-10-8-14(9-11-15)18(17(24)13-5-2-1-3-6-13)16(19(21,22)23)7-4-12-25-18/h1-3,5-6,8-11,16H,4,7,12H2/t16-,18+/m0/s1. The van der Waals surface area contributed by atoms with Crippen molar-refractivity contribution in [1.29, 1.82) is 0 Å². The molecule has 0 saturated carbocycles. The Labute approximate surface area is 142 Å². The zero-order chi connectivity index (χ0) is 18.1. The van der Waals surface area contributed by atoms with Crippen LogP contribution < -0.4 is 0 Å². The molecule has 3 rings (SSSR count). The summed E-state index contributed by atoms with van der Waals surface area (Å²) in [5.41, 5.74) is -2.06. The van der Waals surface area contributed by atoms with Crippen LogP contribution in [0.2, 0.25) is 0 Å². The minimum Gasteiger partial charge on any atom is -0.361 e. The number of alkyl halides is 3. The molecule has 6 heteroatoms. The summed E-state index contributed by atoms with van der Waals surface area (Å²) in [4.78, 5) is 13.1. The van der Waals surface area contributed by atoms with Gasteiger partial charge in [0.05, 0.1) is 5.92 Å². The first-order chi connectivity index (χ1) is 11.9. The lowest BCUT2D eigenvalue weighted by Crippen LogP contribution is -2.53. The van der Waals surface area contributed by atoms with Crippen LogP contribution >= 0.6 is 0 Å². The Hall–Kier alpha value is -2.21. The van der Waals surface area contributed by atoms with Crippen LogP contribution in [0.1, 0.15) is 28.8 Å². The second kappa shape index (κ2) is 6.59. The van der Waals surface area contributed by atoms with E-state index in [0.29, 0.717) is 0 Å². The Morgan fingerprint density at radius 3 is 2.28 bits per heavy atom. The van der Waals surface area contributed by atoms with Gasteiger partial charge in [0, 0.05) is 12.2 Å². The Morgan fingerprint density at radius 2 is 1.68 bits per heavy atom. The van der Waals surface area contributed by atoms with Gasteiger partial charge in [0.25, 0.3) is 0 Å². The number of carbonyl (C=O) groups is 1. The molecule has 25 heavy (non-hydrogen) atoms. The molecule has 1 fully saturated rings. The quantitative estimate of drug-likeness (QED) is 0.581. The van der Waals surface area contributed by atoms with Crippen molar-refractivity contribution in [2.75, 3.05) is 6.61 Å². The number of halogens is 4. The largest absolute Gasteiger partial charge is 0.395 e. The summed E-state index contributed by atoms with van der Waals surface area (Å²) in [6, 6.07) is 12.2. The maximum atomic E-state index is 13.8. The summed E-state index contributed by atoms with van der Waals surface area (Å²) in [6.07, 6.45) is -4.64. The van der Waals surface area contributed by atoms with E-state index in [1.165, 1.54) is 24.3 Å². The van der Waals surface area contributed by atoms with Gasteiger partial charge in [-0.25, -0.2) is 4.39 Å². The molecule has 2 nitrogen and oxygen atoms in total. The molecule has 0 spiro atoms. The van der Waals surface area contributed by atoms with Gasteiger partial charge in [0.15, 0.2) is 11.4 Å². The lowest BCUT2D eigenvalue weighted by molar-refractivity contribution is -0.245. The van der Waals surface area contributed by atoms with Crippen molar-refractivity contribution < 1.29 is 27.1 Å². The fraction of sp³-hybridized carbons (Fsp3) is 0.316. The van der Waals surface area contributed by atoms with Crippen LogP contribution in [-0.4, -0.2) is 18.6 Å². The molecular weight excluding hydrogens is 336 g/mol. The van der Waals surface area contributed by atoms with Gasteiger partial charge >= 0.3 is 6.18 Å². The fourth-order valence-electron chi connectivity index (χ4n) is 3.36. The van der Waals surface area contributed by atoms with E-state index in [1.54, 1.807) is 18.2 Å². The first-order valence-corrected chi connectivity index (χ1v) is 7.92. The summed E-state index contributed by atoms with van der Waals surface area (Å²) in [7, 11) is 0. The van der Waals surface area contributed by atoms with Crippen LogP contribution in [0, 0.1) is 11.7 Å². The maximum absolute atomic E-state index is 13.8. The molecule has 1 heterocycles. The molecule has 1 saturated heterocycles. The number of ketones is 1. The second-order valence-corrected chi connectivity index (χ2v) is 6.02. The molecule has 0 amide bonds. The third kappa shape index (κ3) is 3.18. The first-order valence-electron chi connectivity index (χ1n) is 7.92. The predicted octanol–water partition coefficient (Wildman–Crippen LogP) is 4.89. The van der Waals surface area contributed by atoms with Gasteiger partial charge < -0.3 is 4.74 Å². The first kappa shape index (κ1) is 17.6. The molecule has 0 radical (unpaired) electrons. The topological polar surface area (TPSA) is 26.3 Å². The number of ether oxygens (including phenoxy) is 1. The zero-order valence-electron chi connectivity index (χ0n) is 13.2. The Morgan fingerprint density at radius 1 is 1.04 bits per heavy atom. The lowest BCUT2D eigenvalue weighted by atomic mass is 9.72. The molecule has 0 bridgehead atoms. The SMILES string of the molecule is O=C(c1ccccc1)[C@]1(c2ccc(F)cc2)OCCC[C@@H]1C(F)(F)F. The molecule has 132 valence electrons. The monoisotopic (exact) mass is 352 g/mol. The van der Waals surface area contributed by atoms with Crippen LogP contribution in [0.4, 0.5) is 17.6 Å². The number of benzene rings is 2. The fourth-order valence-corrected chi connectivity index (χ4v) is 3.36. The number of rotatable bonds is 3. The van der Waals surface area contributed by atoms with E-state index in [2.05, 4.69) is 0 Å². The molecule has 0 N–H and O–H groups in total. The van der Waals surface area contributed by atoms with Crippen molar-refractivity contribution in [2.24, 2.45) is 5.92 Å². The summed E-state index contributed by atoms with van der Waals surface area (Å²) in [5, 5.41) is 0. The number of hydrogen-bond acceptors (Lipinski definition) is 2. The normalized spacial score (nSPS) is 24.1. The summed E-state index contributed by atoms with van der Waals surface area (Å²) < 4.78 is 60.2. The Bertz CT molecular complexity index is 740. The van der Waals surface area contributed by atoms with E-state index in [9.17, 15) is 22.4 Å². The number of Topliss-reactive ketones (excluding diaryl/α,β-unsaturated/α-hetero) is 1. The van der Waals surface area contributed by atoms with Crippen molar-refractivity contribution in [3.05, 3.63) is 71.5 Å². The summed E-state index contributed by atoms with van der Waals surface area (Å²) in [6.45, 7) is 0.0303. The van der Waals surface area contributed by atoms with Gasteiger partial charge in [-0.05, 0) is 30.5 Å². The summed E-state index contributed by atoms with van der Waals surface area (Å²) in [5.74, 6) is -3.35. The highest BCUT2D eigenvalue weighted by Gasteiger charge is 2.60. The van der Waals surface area contributed by atoms with E-state index in [-0.39, 0.29) is 30.6 Å². The van der Waals surface area contributed by atoms with Gasteiger partial charge in [0.1, 0.15) is 5.82 Å². The van der Waals surface area contributed by atoms with Gasteiger partial charge in [-0.3, -0.25) is 4.79 Å². The van der Waals surface area contributed by atoms with E-state index in [4.69, 9.17) is 4.74 Å². The van der Waals surface area contributed by atoms with Crippen LogP contribution in [0.5, 0.6) is 0 Å². The smallest absolute Gasteiger partial charge is 0.361 e. The highest BCUT2D eigenvalue weighted by atomic mass is 19.4. The van der Waals surface area contributed by atoms with Crippen molar-refractivity contribution in [3.63, 3.8) is 0 Å². The van der Waals surface area contributed by atoms with Gasteiger partial charge in [-0.1, -0.05) is 42.5 Å². The maximum Gasteiger partial charge on any atom is 0.395 e. The molecule has 2 aromatic carbocycles. The van der Waals surface area contributed by atoms with Gasteiger partial charge in [-0.2, -0.15) is 13.2 Å². The zero-order valence-corrected chi connectivity index (χ0v) is 13.2. The van der Waals surface area contributed by atoms with Crippen LogP contribution in [0.15, 0.2) is 54.6 Å². The summed E-state index contributed by atoms with van der Waals surface area (Å²) >= 11 is 0. The van der Waals surface area contributed by atoms with Crippen molar-refractivity contribution >= 4 is 5.78 Å². The average Bonchev–Trinajstić information content (AvgIpc) is 2.61. The van der Waals surface area contributed by atoms with E-state index >= 15 is 0 Å².